The van der Waals surface area contributed by atoms with Gasteiger partial charge in [-0.15, -0.1) is 0 Å². The number of para-hydroxylation sites is 1. The summed E-state index contributed by atoms with van der Waals surface area (Å²) in [6.07, 6.45) is 3.48. The molecule has 0 fully saturated rings. The summed E-state index contributed by atoms with van der Waals surface area (Å²) in [5, 5.41) is 6.41. The number of fused-ring (bicyclic) bond motifs is 1. The third-order valence-corrected chi connectivity index (χ3v) is 7.60. The molecule has 8 nitrogen and oxygen atoms in total. The van der Waals surface area contributed by atoms with Crippen LogP contribution in [0.25, 0.3) is 17.0 Å². The van der Waals surface area contributed by atoms with E-state index in [-0.39, 0.29) is 17.5 Å². The maximum absolute atomic E-state index is 14.1. The highest BCUT2D eigenvalue weighted by Gasteiger charge is 2.44. The van der Waals surface area contributed by atoms with Gasteiger partial charge in [0.05, 0.1) is 18.3 Å². The summed E-state index contributed by atoms with van der Waals surface area (Å²) >= 11 is 24.9. The summed E-state index contributed by atoms with van der Waals surface area (Å²) in [4.78, 5) is 44.3. The molecule has 0 aliphatic rings. The Bertz CT molecular complexity index is 1440. The average molecular weight is 650 g/mol. The first-order valence-corrected chi connectivity index (χ1v) is 14.6. The van der Waals surface area contributed by atoms with E-state index in [1.165, 1.54) is 13.2 Å². The fraction of sp³-hybridized carbons (Fsp3) is 0.300. The van der Waals surface area contributed by atoms with Crippen LogP contribution < -0.4 is 10.6 Å². The van der Waals surface area contributed by atoms with E-state index in [4.69, 9.17) is 51.8 Å². The van der Waals surface area contributed by atoms with Gasteiger partial charge in [0, 0.05) is 30.0 Å². The van der Waals surface area contributed by atoms with Crippen LogP contribution in [0.1, 0.15) is 32.3 Å². The van der Waals surface area contributed by atoms with Crippen molar-refractivity contribution in [3.63, 3.8) is 0 Å². The number of aromatic nitrogens is 1. The number of rotatable bonds is 10. The molecule has 0 aliphatic heterocycles. The Morgan fingerprint density at radius 3 is 2.40 bits per heavy atom. The second-order valence-electron chi connectivity index (χ2n) is 9.60. The SMILES string of the molecule is COC(=O)CCC(C)C(C)C(=O)N(C(=S)Nc1cccc2cccnc12)C(NC(=O)/C=C/c1ccccc1)C(Cl)(Cl)Cl. The minimum Gasteiger partial charge on any atom is -0.469 e. The lowest BCUT2D eigenvalue weighted by atomic mass is 9.90. The molecule has 0 saturated heterocycles. The van der Waals surface area contributed by atoms with E-state index >= 15 is 0 Å². The van der Waals surface area contributed by atoms with Gasteiger partial charge in [-0.05, 0) is 48.3 Å². The van der Waals surface area contributed by atoms with E-state index in [0.717, 1.165) is 15.8 Å². The van der Waals surface area contributed by atoms with Gasteiger partial charge >= 0.3 is 5.97 Å². The molecule has 1 aromatic heterocycles. The molecule has 222 valence electrons. The molecule has 3 rings (SSSR count). The molecule has 1 heterocycles. The molecule has 2 amide bonds. The summed E-state index contributed by atoms with van der Waals surface area (Å²) in [7, 11) is 1.30. The third-order valence-electron chi connectivity index (χ3n) is 6.68. The highest BCUT2D eigenvalue weighted by molar-refractivity contribution is 7.80. The first-order valence-electron chi connectivity index (χ1n) is 13.1. The van der Waals surface area contributed by atoms with Gasteiger partial charge in [0.25, 0.3) is 0 Å². The second-order valence-corrected chi connectivity index (χ2v) is 12.4. The molecular weight excluding hydrogens is 619 g/mol. The fourth-order valence-corrected chi connectivity index (χ4v) is 4.86. The molecule has 2 N–H and O–H groups in total. The number of nitrogens with one attached hydrogen (secondary N) is 2. The van der Waals surface area contributed by atoms with Crippen LogP contribution in [-0.4, -0.2) is 49.8 Å². The van der Waals surface area contributed by atoms with Crippen LogP contribution >= 0.6 is 47.0 Å². The summed E-state index contributed by atoms with van der Waals surface area (Å²) in [6.45, 7) is 3.51. The van der Waals surface area contributed by atoms with Crippen molar-refractivity contribution in [2.75, 3.05) is 12.4 Å². The molecule has 0 radical (unpaired) electrons. The minimum atomic E-state index is -2.19. The number of amides is 2. The van der Waals surface area contributed by atoms with Crippen molar-refractivity contribution in [3.05, 3.63) is 78.5 Å². The van der Waals surface area contributed by atoms with Gasteiger partial charge in [0.2, 0.25) is 15.6 Å². The third kappa shape index (κ3) is 9.13. The number of halogens is 3. The number of nitrogens with zero attached hydrogens (tertiary/aromatic N) is 2. The van der Waals surface area contributed by atoms with Crippen LogP contribution in [-0.2, 0) is 19.1 Å². The minimum absolute atomic E-state index is 0.117. The van der Waals surface area contributed by atoms with Crippen molar-refractivity contribution < 1.29 is 19.1 Å². The van der Waals surface area contributed by atoms with Crippen LogP contribution in [0, 0.1) is 11.8 Å². The van der Waals surface area contributed by atoms with Crippen molar-refractivity contribution in [3.8, 4) is 0 Å². The molecule has 2 aromatic carbocycles. The van der Waals surface area contributed by atoms with Gasteiger partial charge < -0.3 is 15.4 Å². The van der Waals surface area contributed by atoms with Crippen molar-refractivity contribution in [1.29, 1.82) is 0 Å². The number of hydrogen-bond donors (Lipinski definition) is 2. The zero-order valence-electron chi connectivity index (χ0n) is 23.2. The van der Waals surface area contributed by atoms with E-state index in [0.29, 0.717) is 17.6 Å². The Morgan fingerprint density at radius 1 is 1.05 bits per heavy atom. The predicted octanol–water partition coefficient (Wildman–Crippen LogP) is 6.51. The smallest absolute Gasteiger partial charge is 0.305 e. The standard InChI is InChI=1S/C30H31Cl3N4O4S/c1-19(14-17-25(39)41-3)20(2)27(40)37(29(42)35-23-13-7-11-22-12-8-18-34-26(22)23)28(30(31,32)33)36-24(38)16-15-21-9-5-4-6-10-21/h4-13,15-16,18-20,28H,14,17H2,1-3H3,(H,35,42)(H,36,38)/b16-15+. The van der Waals surface area contributed by atoms with Crippen molar-refractivity contribution >= 4 is 92.6 Å². The first kappa shape index (κ1) is 33.3. The van der Waals surface area contributed by atoms with Crippen LogP contribution in [0.15, 0.2) is 72.9 Å². The molecule has 3 unspecified atom stereocenters. The molecular formula is C30H31Cl3N4O4S. The highest BCUT2D eigenvalue weighted by atomic mass is 35.6. The maximum atomic E-state index is 14.1. The number of benzene rings is 2. The number of hydrogen-bond acceptors (Lipinski definition) is 6. The van der Waals surface area contributed by atoms with Crippen LogP contribution in [0.3, 0.4) is 0 Å². The summed E-state index contributed by atoms with van der Waals surface area (Å²) in [5.41, 5.74) is 1.90. The lowest BCUT2D eigenvalue weighted by Gasteiger charge is -2.38. The normalized spacial score (nSPS) is 13.7. The number of carbonyl (C=O) groups is 3. The second kappa shape index (κ2) is 15.3. The number of esters is 1. The zero-order valence-corrected chi connectivity index (χ0v) is 26.3. The average Bonchev–Trinajstić information content (AvgIpc) is 2.98. The molecule has 0 bridgehead atoms. The number of alkyl halides is 3. The summed E-state index contributed by atoms with van der Waals surface area (Å²) < 4.78 is 2.54. The van der Waals surface area contributed by atoms with Crippen molar-refractivity contribution in [1.82, 2.24) is 15.2 Å². The number of thiocarbonyl (C=S) groups is 1. The van der Waals surface area contributed by atoms with E-state index in [1.807, 2.05) is 49.4 Å². The van der Waals surface area contributed by atoms with Crippen LogP contribution in [0.5, 0.6) is 0 Å². The number of carbonyl (C=O) groups excluding carboxylic acids is 3. The van der Waals surface area contributed by atoms with Gasteiger partial charge in [-0.1, -0.05) is 97.2 Å². The number of ether oxygens (including phenoxy) is 1. The Morgan fingerprint density at radius 2 is 1.74 bits per heavy atom. The van der Waals surface area contributed by atoms with Crippen LogP contribution in [0.4, 0.5) is 5.69 Å². The van der Waals surface area contributed by atoms with Gasteiger partial charge in [0.1, 0.15) is 0 Å². The Hall–Kier alpha value is -3.24. The number of pyridine rings is 1. The number of anilines is 1. The maximum Gasteiger partial charge on any atom is 0.305 e. The summed E-state index contributed by atoms with van der Waals surface area (Å²) in [5.74, 6) is -2.51. The monoisotopic (exact) mass is 648 g/mol. The Labute approximate surface area is 265 Å². The van der Waals surface area contributed by atoms with E-state index in [1.54, 1.807) is 37.4 Å². The van der Waals surface area contributed by atoms with Gasteiger partial charge in [-0.3, -0.25) is 24.3 Å². The van der Waals surface area contributed by atoms with Gasteiger partial charge in [0.15, 0.2) is 11.3 Å². The van der Waals surface area contributed by atoms with E-state index < -0.39 is 33.7 Å². The van der Waals surface area contributed by atoms with E-state index in [9.17, 15) is 14.4 Å². The number of methoxy groups -OCH3 is 1. The molecule has 12 heteroatoms. The Balaban J connectivity index is 1.97. The predicted molar refractivity (Wildman–Crippen MR) is 172 cm³/mol. The molecule has 3 atom stereocenters. The molecule has 0 spiro atoms. The Kier molecular flexibility index (Phi) is 12.1. The fourth-order valence-electron chi connectivity index (χ4n) is 4.10. The van der Waals surface area contributed by atoms with E-state index in [2.05, 4.69) is 15.6 Å². The molecule has 3 aromatic rings. The zero-order chi connectivity index (χ0) is 30.9. The molecule has 0 saturated carbocycles. The quantitative estimate of drug-likeness (QED) is 0.0849. The van der Waals surface area contributed by atoms with Crippen molar-refractivity contribution in [2.24, 2.45) is 11.8 Å². The lowest BCUT2D eigenvalue weighted by molar-refractivity contribution is -0.142. The largest absolute Gasteiger partial charge is 0.469 e. The summed E-state index contributed by atoms with van der Waals surface area (Å²) in [6, 6.07) is 18.3. The molecule has 42 heavy (non-hydrogen) atoms. The van der Waals surface area contributed by atoms with Crippen LogP contribution in [0.2, 0.25) is 0 Å². The topological polar surface area (TPSA) is 101 Å². The van der Waals surface area contributed by atoms with Gasteiger partial charge in [-0.25, -0.2) is 0 Å². The van der Waals surface area contributed by atoms with Crippen molar-refractivity contribution in [2.45, 2.75) is 36.6 Å². The van der Waals surface area contributed by atoms with Gasteiger partial charge in [-0.2, -0.15) is 0 Å². The molecule has 0 aliphatic carbocycles. The lowest BCUT2D eigenvalue weighted by Crippen LogP contribution is -2.61. The first-order chi connectivity index (χ1) is 19.9. The highest BCUT2D eigenvalue weighted by Crippen LogP contribution is 2.35.